The number of rotatable bonds is 3. The van der Waals surface area contributed by atoms with Gasteiger partial charge >= 0.3 is 0 Å². The van der Waals surface area contributed by atoms with Gasteiger partial charge in [-0.3, -0.25) is 0 Å². The molecule has 0 aliphatic heterocycles. The summed E-state index contributed by atoms with van der Waals surface area (Å²) < 4.78 is 5.82. The quantitative estimate of drug-likeness (QED) is 0.848. The molecule has 0 saturated carbocycles. The standard InChI is InChI=1S/C14H24N2O/c1-9(8-15)16-12-6-14(3,4)7-13-11(12)5-10(2)17-13/h5,9,12,16H,6-8,15H2,1-4H3. The van der Waals surface area contributed by atoms with Crippen LogP contribution in [-0.4, -0.2) is 12.6 Å². The molecule has 1 aromatic rings. The van der Waals surface area contributed by atoms with E-state index in [1.807, 2.05) is 6.92 Å². The van der Waals surface area contributed by atoms with Crippen molar-refractivity contribution >= 4 is 0 Å². The first-order chi connectivity index (χ1) is 7.91. The minimum absolute atomic E-state index is 0.295. The summed E-state index contributed by atoms with van der Waals surface area (Å²) in [7, 11) is 0. The van der Waals surface area contributed by atoms with Crippen molar-refractivity contribution in [1.82, 2.24) is 5.32 Å². The second-order valence-electron chi connectivity index (χ2n) is 6.14. The molecule has 0 radical (unpaired) electrons. The van der Waals surface area contributed by atoms with Crippen LogP contribution in [0.5, 0.6) is 0 Å². The number of fused-ring (bicyclic) bond motifs is 1. The van der Waals surface area contributed by atoms with Gasteiger partial charge in [-0.25, -0.2) is 0 Å². The summed E-state index contributed by atoms with van der Waals surface area (Å²) >= 11 is 0. The fourth-order valence-electron chi connectivity index (χ4n) is 2.74. The monoisotopic (exact) mass is 236 g/mol. The largest absolute Gasteiger partial charge is 0.466 e. The fourth-order valence-corrected chi connectivity index (χ4v) is 2.74. The molecular weight excluding hydrogens is 212 g/mol. The lowest BCUT2D eigenvalue weighted by atomic mass is 9.74. The van der Waals surface area contributed by atoms with Crippen molar-refractivity contribution < 1.29 is 4.42 Å². The van der Waals surface area contributed by atoms with Crippen molar-refractivity contribution in [2.45, 2.75) is 52.6 Å². The highest BCUT2D eigenvalue weighted by molar-refractivity contribution is 5.29. The van der Waals surface area contributed by atoms with Crippen molar-refractivity contribution in [3.8, 4) is 0 Å². The lowest BCUT2D eigenvalue weighted by Crippen LogP contribution is -2.40. The lowest BCUT2D eigenvalue weighted by Gasteiger charge is -2.36. The van der Waals surface area contributed by atoms with E-state index in [-0.39, 0.29) is 0 Å². The van der Waals surface area contributed by atoms with Gasteiger partial charge in [0.2, 0.25) is 0 Å². The normalized spacial score (nSPS) is 24.4. The van der Waals surface area contributed by atoms with Crippen LogP contribution in [0.3, 0.4) is 0 Å². The average Bonchev–Trinajstić information content (AvgIpc) is 2.56. The molecule has 1 aromatic heterocycles. The Labute approximate surface area is 104 Å². The molecule has 2 rings (SSSR count). The van der Waals surface area contributed by atoms with Gasteiger partial charge in [0.1, 0.15) is 11.5 Å². The number of furan rings is 1. The topological polar surface area (TPSA) is 51.2 Å². The summed E-state index contributed by atoms with van der Waals surface area (Å²) in [5.74, 6) is 2.17. The fraction of sp³-hybridized carbons (Fsp3) is 0.714. The molecule has 96 valence electrons. The Morgan fingerprint density at radius 3 is 2.94 bits per heavy atom. The second-order valence-corrected chi connectivity index (χ2v) is 6.14. The highest BCUT2D eigenvalue weighted by Gasteiger charge is 2.34. The molecule has 0 fully saturated rings. The smallest absolute Gasteiger partial charge is 0.109 e. The predicted octanol–water partition coefficient (Wildman–Crippen LogP) is 2.54. The van der Waals surface area contributed by atoms with Crippen LogP contribution in [0.15, 0.2) is 10.5 Å². The van der Waals surface area contributed by atoms with Gasteiger partial charge in [0.25, 0.3) is 0 Å². The molecule has 2 atom stereocenters. The first-order valence-electron chi connectivity index (χ1n) is 6.46. The molecular formula is C14H24N2O. The molecule has 0 spiro atoms. The first kappa shape index (κ1) is 12.7. The Balaban J connectivity index is 2.26. The minimum atomic E-state index is 0.295. The van der Waals surface area contributed by atoms with Gasteiger partial charge in [-0.15, -0.1) is 0 Å². The molecule has 1 aliphatic carbocycles. The number of nitrogens with two attached hydrogens (primary N) is 1. The van der Waals surface area contributed by atoms with Crippen LogP contribution in [0, 0.1) is 12.3 Å². The van der Waals surface area contributed by atoms with E-state index < -0.39 is 0 Å². The molecule has 2 unspecified atom stereocenters. The van der Waals surface area contributed by atoms with Crippen LogP contribution < -0.4 is 11.1 Å². The molecule has 3 N–H and O–H groups in total. The Bertz CT molecular complexity index is 395. The molecule has 0 amide bonds. The van der Waals surface area contributed by atoms with E-state index in [2.05, 4.69) is 32.2 Å². The maximum absolute atomic E-state index is 5.82. The first-order valence-corrected chi connectivity index (χ1v) is 6.46. The molecule has 0 bridgehead atoms. The average molecular weight is 236 g/mol. The summed E-state index contributed by atoms with van der Waals surface area (Å²) in [6.07, 6.45) is 2.18. The lowest BCUT2D eigenvalue weighted by molar-refractivity contribution is 0.227. The van der Waals surface area contributed by atoms with Crippen LogP contribution in [0.2, 0.25) is 0 Å². The zero-order valence-electron chi connectivity index (χ0n) is 11.3. The molecule has 0 saturated heterocycles. The SMILES string of the molecule is Cc1cc2c(o1)CC(C)(C)CC2NC(C)CN. The van der Waals surface area contributed by atoms with Gasteiger partial charge in [0.05, 0.1) is 0 Å². The van der Waals surface area contributed by atoms with Gasteiger partial charge in [0, 0.05) is 30.6 Å². The van der Waals surface area contributed by atoms with Crippen LogP contribution in [-0.2, 0) is 6.42 Å². The third kappa shape index (κ3) is 2.72. The van der Waals surface area contributed by atoms with Crippen molar-refractivity contribution in [1.29, 1.82) is 0 Å². The van der Waals surface area contributed by atoms with Crippen LogP contribution in [0.4, 0.5) is 0 Å². The Morgan fingerprint density at radius 1 is 1.59 bits per heavy atom. The van der Waals surface area contributed by atoms with E-state index in [1.54, 1.807) is 0 Å². The van der Waals surface area contributed by atoms with Crippen LogP contribution in [0.25, 0.3) is 0 Å². The maximum atomic E-state index is 5.82. The molecule has 1 aliphatic rings. The highest BCUT2D eigenvalue weighted by Crippen LogP contribution is 2.42. The zero-order chi connectivity index (χ0) is 12.6. The zero-order valence-corrected chi connectivity index (χ0v) is 11.3. The van der Waals surface area contributed by atoms with Crippen molar-refractivity contribution in [3.63, 3.8) is 0 Å². The molecule has 3 heteroatoms. The summed E-state index contributed by atoms with van der Waals surface area (Å²) in [6, 6.07) is 2.90. The maximum Gasteiger partial charge on any atom is 0.109 e. The van der Waals surface area contributed by atoms with E-state index in [0.717, 1.165) is 24.4 Å². The van der Waals surface area contributed by atoms with Gasteiger partial charge < -0.3 is 15.5 Å². The highest BCUT2D eigenvalue weighted by atomic mass is 16.3. The molecule has 0 aromatic carbocycles. The Hall–Kier alpha value is -0.800. The van der Waals surface area contributed by atoms with Crippen molar-refractivity contribution in [2.75, 3.05) is 6.54 Å². The minimum Gasteiger partial charge on any atom is -0.466 e. The van der Waals surface area contributed by atoms with E-state index >= 15 is 0 Å². The number of hydrogen-bond acceptors (Lipinski definition) is 3. The number of aryl methyl sites for hydroxylation is 1. The third-order valence-electron chi connectivity index (χ3n) is 3.58. The second kappa shape index (κ2) is 4.46. The van der Waals surface area contributed by atoms with Gasteiger partial charge in [0.15, 0.2) is 0 Å². The van der Waals surface area contributed by atoms with E-state index in [1.165, 1.54) is 5.56 Å². The van der Waals surface area contributed by atoms with Crippen molar-refractivity contribution in [3.05, 3.63) is 23.2 Å². The Kier molecular flexibility index (Phi) is 3.32. The van der Waals surface area contributed by atoms with Gasteiger partial charge in [-0.1, -0.05) is 13.8 Å². The van der Waals surface area contributed by atoms with Crippen LogP contribution in [0.1, 0.15) is 50.3 Å². The summed E-state index contributed by atoms with van der Waals surface area (Å²) in [5.41, 5.74) is 7.33. The molecule has 3 nitrogen and oxygen atoms in total. The molecule has 17 heavy (non-hydrogen) atoms. The van der Waals surface area contributed by atoms with E-state index in [0.29, 0.717) is 24.0 Å². The summed E-state index contributed by atoms with van der Waals surface area (Å²) in [4.78, 5) is 0. The van der Waals surface area contributed by atoms with Crippen LogP contribution >= 0.6 is 0 Å². The molecule has 1 heterocycles. The van der Waals surface area contributed by atoms with Gasteiger partial charge in [-0.05, 0) is 31.7 Å². The summed E-state index contributed by atoms with van der Waals surface area (Å²) in [5, 5.41) is 3.61. The Morgan fingerprint density at radius 2 is 2.29 bits per heavy atom. The number of hydrogen-bond donors (Lipinski definition) is 2. The van der Waals surface area contributed by atoms with E-state index in [4.69, 9.17) is 10.2 Å². The van der Waals surface area contributed by atoms with Crippen molar-refractivity contribution in [2.24, 2.45) is 11.1 Å². The third-order valence-corrected chi connectivity index (χ3v) is 3.58. The number of nitrogens with one attached hydrogen (secondary N) is 1. The summed E-state index contributed by atoms with van der Waals surface area (Å²) in [6.45, 7) is 9.43. The van der Waals surface area contributed by atoms with Gasteiger partial charge in [-0.2, -0.15) is 0 Å². The predicted molar refractivity (Wildman–Crippen MR) is 69.9 cm³/mol. The van der Waals surface area contributed by atoms with E-state index in [9.17, 15) is 0 Å².